The third-order valence-corrected chi connectivity index (χ3v) is 3.66. The van der Waals surface area contributed by atoms with E-state index in [0.29, 0.717) is 11.5 Å². The van der Waals surface area contributed by atoms with E-state index in [1.54, 1.807) is 0 Å². The number of rotatable bonds is 1. The van der Waals surface area contributed by atoms with Gasteiger partial charge in [-0.15, -0.1) is 0 Å². The number of anilines is 1. The molecular formula is C17H14N4. The number of fused-ring (bicyclic) bond motifs is 3. The molecule has 102 valence electrons. The standard InChI is InChI=1S/C17H14N4/c1-11-6-8-12(9-7-11)14-10-21-15-5-3-2-4-13(15)20-17(21)16(18)19-14/h2-10H,1H3,(H2,18,19). The molecule has 0 fully saturated rings. The largest absolute Gasteiger partial charge is 0.381 e. The maximum Gasteiger partial charge on any atom is 0.180 e. The number of aryl methyl sites for hydroxylation is 1. The van der Waals surface area contributed by atoms with Crippen LogP contribution in [0.5, 0.6) is 0 Å². The Balaban J connectivity index is 2.03. The molecule has 0 atom stereocenters. The van der Waals surface area contributed by atoms with Crippen molar-refractivity contribution in [1.82, 2.24) is 14.4 Å². The van der Waals surface area contributed by atoms with Crippen molar-refractivity contribution in [1.29, 1.82) is 0 Å². The van der Waals surface area contributed by atoms with Gasteiger partial charge in [-0.1, -0.05) is 42.0 Å². The van der Waals surface area contributed by atoms with Gasteiger partial charge in [0.15, 0.2) is 11.5 Å². The molecule has 0 saturated carbocycles. The van der Waals surface area contributed by atoms with Crippen LogP contribution in [0.15, 0.2) is 54.7 Å². The molecule has 0 aliphatic rings. The van der Waals surface area contributed by atoms with E-state index in [-0.39, 0.29) is 0 Å². The quantitative estimate of drug-likeness (QED) is 0.578. The Morgan fingerprint density at radius 2 is 1.71 bits per heavy atom. The van der Waals surface area contributed by atoms with E-state index in [0.717, 1.165) is 22.3 Å². The highest BCUT2D eigenvalue weighted by atomic mass is 15.1. The number of hydrogen-bond acceptors (Lipinski definition) is 3. The van der Waals surface area contributed by atoms with Gasteiger partial charge < -0.3 is 5.73 Å². The predicted octanol–water partition coefficient (Wildman–Crippen LogP) is 3.44. The molecule has 0 radical (unpaired) electrons. The molecule has 2 aromatic heterocycles. The van der Waals surface area contributed by atoms with Crippen molar-refractivity contribution >= 4 is 22.5 Å². The number of nitrogens with zero attached hydrogens (tertiary/aromatic N) is 3. The van der Waals surface area contributed by atoms with Gasteiger partial charge in [-0.3, -0.25) is 4.40 Å². The molecule has 4 heteroatoms. The highest BCUT2D eigenvalue weighted by Gasteiger charge is 2.10. The molecule has 0 bridgehead atoms. The van der Waals surface area contributed by atoms with E-state index in [1.807, 2.05) is 34.9 Å². The normalized spacial score (nSPS) is 11.3. The Morgan fingerprint density at radius 3 is 2.52 bits per heavy atom. The van der Waals surface area contributed by atoms with E-state index in [1.165, 1.54) is 5.56 Å². The van der Waals surface area contributed by atoms with E-state index in [4.69, 9.17) is 5.73 Å². The number of benzene rings is 2. The summed E-state index contributed by atoms with van der Waals surface area (Å²) < 4.78 is 2.01. The number of hydrogen-bond donors (Lipinski definition) is 1. The summed E-state index contributed by atoms with van der Waals surface area (Å²) in [6, 6.07) is 16.2. The number of aromatic nitrogens is 3. The summed E-state index contributed by atoms with van der Waals surface area (Å²) in [5.41, 5.74) is 11.9. The fourth-order valence-electron chi connectivity index (χ4n) is 2.55. The van der Waals surface area contributed by atoms with E-state index in [2.05, 4.69) is 41.2 Å². The highest BCUT2D eigenvalue weighted by Crippen LogP contribution is 2.24. The van der Waals surface area contributed by atoms with Gasteiger partial charge in [0, 0.05) is 11.8 Å². The molecule has 0 aliphatic heterocycles. The molecule has 0 spiro atoms. The van der Waals surface area contributed by atoms with Crippen LogP contribution in [0.25, 0.3) is 27.9 Å². The van der Waals surface area contributed by atoms with Crippen LogP contribution in [-0.4, -0.2) is 14.4 Å². The molecule has 4 nitrogen and oxygen atoms in total. The molecule has 0 saturated heterocycles. The minimum Gasteiger partial charge on any atom is -0.381 e. The van der Waals surface area contributed by atoms with Crippen LogP contribution in [0.3, 0.4) is 0 Å². The number of para-hydroxylation sites is 2. The Hall–Kier alpha value is -2.88. The van der Waals surface area contributed by atoms with Gasteiger partial charge in [0.1, 0.15) is 0 Å². The van der Waals surface area contributed by atoms with Crippen LogP contribution in [0.4, 0.5) is 5.82 Å². The van der Waals surface area contributed by atoms with Crippen LogP contribution in [0, 0.1) is 6.92 Å². The van der Waals surface area contributed by atoms with Crippen molar-refractivity contribution in [2.75, 3.05) is 5.73 Å². The molecule has 0 aliphatic carbocycles. The molecular weight excluding hydrogens is 260 g/mol. The average Bonchev–Trinajstić information content (AvgIpc) is 2.87. The first-order chi connectivity index (χ1) is 10.2. The summed E-state index contributed by atoms with van der Waals surface area (Å²) in [5, 5.41) is 0. The molecule has 2 N–H and O–H groups in total. The van der Waals surface area contributed by atoms with Crippen LogP contribution < -0.4 is 5.73 Å². The summed E-state index contributed by atoms with van der Waals surface area (Å²) in [7, 11) is 0. The lowest BCUT2D eigenvalue weighted by atomic mass is 10.1. The minimum atomic E-state index is 0.448. The lowest BCUT2D eigenvalue weighted by molar-refractivity contribution is 1.16. The van der Waals surface area contributed by atoms with Crippen LogP contribution >= 0.6 is 0 Å². The maximum atomic E-state index is 6.09. The van der Waals surface area contributed by atoms with Crippen molar-refractivity contribution < 1.29 is 0 Å². The van der Waals surface area contributed by atoms with E-state index in [9.17, 15) is 0 Å². The zero-order chi connectivity index (χ0) is 14.4. The predicted molar refractivity (Wildman–Crippen MR) is 85.1 cm³/mol. The molecule has 0 unspecified atom stereocenters. The van der Waals surface area contributed by atoms with Gasteiger partial charge in [0.05, 0.1) is 16.7 Å². The van der Waals surface area contributed by atoms with Gasteiger partial charge in [0.2, 0.25) is 0 Å². The van der Waals surface area contributed by atoms with Crippen LogP contribution in [-0.2, 0) is 0 Å². The smallest absolute Gasteiger partial charge is 0.180 e. The van der Waals surface area contributed by atoms with Crippen molar-refractivity contribution in [3.63, 3.8) is 0 Å². The maximum absolute atomic E-state index is 6.09. The third kappa shape index (κ3) is 1.84. The molecule has 21 heavy (non-hydrogen) atoms. The lowest BCUT2D eigenvalue weighted by Gasteiger charge is -2.05. The van der Waals surface area contributed by atoms with Crippen molar-refractivity contribution in [2.24, 2.45) is 0 Å². The minimum absolute atomic E-state index is 0.448. The number of imidazole rings is 1. The van der Waals surface area contributed by atoms with Gasteiger partial charge in [-0.2, -0.15) is 0 Å². The second-order valence-electron chi connectivity index (χ2n) is 5.17. The first kappa shape index (κ1) is 11.9. The summed E-state index contributed by atoms with van der Waals surface area (Å²) in [6.07, 6.45) is 1.99. The Bertz CT molecular complexity index is 952. The van der Waals surface area contributed by atoms with Crippen molar-refractivity contribution in [3.8, 4) is 11.3 Å². The summed E-state index contributed by atoms with van der Waals surface area (Å²) in [4.78, 5) is 9.03. The molecule has 4 aromatic rings. The number of nitrogen functional groups attached to an aromatic ring is 1. The summed E-state index contributed by atoms with van der Waals surface area (Å²) >= 11 is 0. The third-order valence-electron chi connectivity index (χ3n) is 3.66. The molecule has 0 amide bonds. The number of nitrogens with two attached hydrogens (primary N) is 1. The summed E-state index contributed by atoms with van der Waals surface area (Å²) in [6.45, 7) is 2.07. The monoisotopic (exact) mass is 274 g/mol. The molecule has 2 aromatic carbocycles. The van der Waals surface area contributed by atoms with E-state index >= 15 is 0 Å². The SMILES string of the molecule is Cc1ccc(-c2cn3c(nc4ccccc43)c(N)n2)cc1. The Morgan fingerprint density at radius 1 is 0.952 bits per heavy atom. The fraction of sp³-hybridized carbons (Fsp3) is 0.0588. The fourth-order valence-corrected chi connectivity index (χ4v) is 2.55. The van der Waals surface area contributed by atoms with E-state index < -0.39 is 0 Å². The van der Waals surface area contributed by atoms with Gasteiger partial charge >= 0.3 is 0 Å². The highest BCUT2D eigenvalue weighted by molar-refractivity contribution is 5.84. The summed E-state index contributed by atoms with van der Waals surface area (Å²) in [5.74, 6) is 0.448. The molecule has 2 heterocycles. The van der Waals surface area contributed by atoms with Gasteiger partial charge in [-0.05, 0) is 19.1 Å². The Kier molecular flexibility index (Phi) is 2.44. The first-order valence-electron chi connectivity index (χ1n) is 6.83. The lowest BCUT2D eigenvalue weighted by Crippen LogP contribution is -1.99. The van der Waals surface area contributed by atoms with Crippen LogP contribution in [0.1, 0.15) is 5.56 Å². The topological polar surface area (TPSA) is 56.2 Å². The van der Waals surface area contributed by atoms with Gasteiger partial charge in [-0.25, -0.2) is 9.97 Å². The zero-order valence-electron chi connectivity index (χ0n) is 11.6. The first-order valence-corrected chi connectivity index (χ1v) is 6.83. The van der Waals surface area contributed by atoms with Gasteiger partial charge in [0.25, 0.3) is 0 Å². The second-order valence-corrected chi connectivity index (χ2v) is 5.17. The van der Waals surface area contributed by atoms with Crippen molar-refractivity contribution in [2.45, 2.75) is 6.92 Å². The van der Waals surface area contributed by atoms with Crippen molar-refractivity contribution in [3.05, 3.63) is 60.3 Å². The average molecular weight is 274 g/mol. The zero-order valence-corrected chi connectivity index (χ0v) is 11.6. The second kappa shape index (κ2) is 4.31. The molecule has 4 rings (SSSR count). The van der Waals surface area contributed by atoms with Crippen LogP contribution in [0.2, 0.25) is 0 Å². The Labute approximate surface area is 121 Å².